The number of thioether (sulfide) groups is 1. The molecular formula is C22H27FN2O2S. The lowest BCUT2D eigenvalue weighted by Crippen LogP contribution is -2.49. The fourth-order valence-electron chi connectivity index (χ4n) is 2.66. The Morgan fingerprint density at radius 1 is 1.07 bits per heavy atom. The van der Waals surface area contributed by atoms with E-state index in [4.69, 9.17) is 0 Å². The van der Waals surface area contributed by atoms with Gasteiger partial charge in [0.2, 0.25) is 11.8 Å². The zero-order chi connectivity index (χ0) is 20.7. The molecule has 1 unspecified atom stereocenters. The largest absolute Gasteiger partial charge is 0.352 e. The van der Waals surface area contributed by atoms with E-state index in [9.17, 15) is 14.0 Å². The van der Waals surface area contributed by atoms with Crippen LogP contribution in [0.1, 0.15) is 31.9 Å². The summed E-state index contributed by atoms with van der Waals surface area (Å²) in [4.78, 5) is 27.8. The van der Waals surface area contributed by atoms with E-state index in [1.165, 1.54) is 22.7 Å². The average molecular weight is 403 g/mol. The van der Waals surface area contributed by atoms with Crippen LogP contribution in [0.2, 0.25) is 0 Å². The summed E-state index contributed by atoms with van der Waals surface area (Å²) >= 11 is 1.41. The molecule has 0 bridgehead atoms. The number of carbonyl (C=O) groups excluding carboxylic acids is 2. The molecule has 0 heterocycles. The summed E-state index contributed by atoms with van der Waals surface area (Å²) in [7, 11) is 0. The van der Waals surface area contributed by atoms with E-state index in [1.807, 2.05) is 45.0 Å². The minimum absolute atomic E-state index is 0.0395. The van der Waals surface area contributed by atoms with Crippen LogP contribution in [0, 0.1) is 12.7 Å². The molecule has 4 nitrogen and oxygen atoms in total. The van der Waals surface area contributed by atoms with Crippen molar-refractivity contribution in [2.24, 2.45) is 0 Å². The predicted molar refractivity (Wildman–Crippen MR) is 112 cm³/mol. The second-order valence-electron chi connectivity index (χ2n) is 7.05. The van der Waals surface area contributed by atoms with Gasteiger partial charge >= 0.3 is 0 Å². The summed E-state index contributed by atoms with van der Waals surface area (Å²) < 4.78 is 14.1. The minimum Gasteiger partial charge on any atom is -0.352 e. The third kappa shape index (κ3) is 6.37. The number of nitrogens with zero attached hydrogens (tertiary/aromatic N) is 1. The quantitative estimate of drug-likeness (QED) is 0.675. The Morgan fingerprint density at radius 2 is 1.71 bits per heavy atom. The van der Waals surface area contributed by atoms with Crippen molar-refractivity contribution in [1.29, 1.82) is 0 Å². The highest BCUT2D eigenvalue weighted by Gasteiger charge is 2.27. The number of hydrogen-bond acceptors (Lipinski definition) is 3. The van der Waals surface area contributed by atoms with E-state index in [1.54, 1.807) is 25.1 Å². The molecule has 0 aromatic heterocycles. The van der Waals surface area contributed by atoms with Crippen LogP contribution in [0.3, 0.4) is 0 Å². The summed E-state index contributed by atoms with van der Waals surface area (Å²) in [5.41, 5.74) is 1.54. The van der Waals surface area contributed by atoms with Gasteiger partial charge in [0.1, 0.15) is 11.9 Å². The lowest BCUT2D eigenvalue weighted by Gasteiger charge is -2.29. The molecule has 0 saturated heterocycles. The van der Waals surface area contributed by atoms with Crippen molar-refractivity contribution in [2.75, 3.05) is 5.75 Å². The van der Waals surface area contributed by atoms with E-state index in [2.05, 4.69) is 5.32 Å². The Balaban J connectivity index is 2.15. The lowest BCUT2D eigenvalue weighted by molar-refractivity contribution is -0.138. The van der Waals surface area contributed by atoms with Gasteiger partial charge in [0.15, 0.2) is 0 Å². The highest BCUT2D eigenvalue weighted by Crippen LogP contribution is 2.21. The van der Waals surface area contributed by atoms with Crippen molar-refractivity contribution in [3.05, 3.63) is 65.5 Å². The normalized spacial score (nSPS) is 11.9. The van der Waals surface area contributed by atoms with Gasteiger partial charge in [0.25, 0.3) is 0 Å². The molecule has 2 aromatic carbocycles. The third-order valence-corrected chi connectivity index (χ3v) is 5.28. The van der Waals surface area contributed by atoms with Gasteiger partial charge < -0.3 is 10.2 Å². The molecule has 0 spiro atoms. The molecule has 0 aliphatic carbocycles. The number of rotatable bonds is 8. The van der Waals surface area contributed by atoms with Crippen LogP contribution in [0.4, 0.5) is 4.39 Å². The van der Waals surface area contributed by atoms with Crippen molar-refractivity contribution in [1.82, 2.24) is 10.2 Å². The average Bonchev–Trinajstić information content (AvgIpc) is 2.65. The maximum atomic E-state index is 14.1. The standard InChI is InChI=1S/C22H27FN2O2S/c1-15(2)24-22(27)17(4)25(13-18-7-5-6-8-20(18)23)21(26)14-28-19-11-9-16(3)10-12-19/h5-12,15,17H,13-14H2,1-4H3,(H,24,27). The highest BCUT2D eigenvalue weighted by atomic mass is 32.2. The molecular weight excluding hydrogens is 375 g/mol. The molecule has 0 saturated carbocycles. The Labute approximate surface area is 170 Å². The van der Waals surface area contributed by atoms with E-state index in [-0.39, 0.29) is 36.0 Å². The molecule has 0 aliphatic rings. The second-order valence-corrected chi connectivity index (χ2v) is 8.10. The number of carbonyl (C=O) groups is 2. The van der Waals surface area contributed by atoms with Crippen LogP contribution in [-0.2, 0) is 16.1 Å². The smallest absolute Gasteiger partial charge is 0.242 e. The fraction of sp³-hybridized carbons (Fsp3) is 0.364. The number of hydrogen-bond donors (Lipinski definition) is 1. The summed E-state index contributed by atoms with van der Waals surface area (Å²) in [5, 5.41) is 2.82. The Bertz CT molecular complexity index is 808. The third-order valence-electron chi connectivity index (χ3n) is 4.28. The zero-order valence-electron chi connectivity index (χ0n) is 16.7. The van der Waals surface area contributed by atoms with Crippen molar-refractivity contribution < 1.29 is 14.0 Å². The van der Waals surface area contributed by atoms with Gasteiger partial charge in [-0.2, -0.15) is 0 Å². The Morgan fingerprint density at radius 3 is 2.32 bits per heavy atom. The molecule has 2 amide bonds. The molecule has 150 valence electrons. The van der Waals surface area contributed by atoms with E-state index < -0.39 is 6.04 Å². The maximum absolute atomic E-state index is 14.1. The van der Waals surface area contributed by atoms with Crippen LogP contribution in [0.5, 0.6) is 0 Å². The number of benzene rings is 2. The van der Waals surface area contributed by atoms with E-state index >= 15 is 0 Å². The molecule has 1 atom stereocenters. The molecule has 2 rings (SSSR count). The van der Waals surface area contributed by atoms with Gasteiger partial charge in [-0.15, -0.1) is 11.8 Å². The van der Waals surface area contributed by atoms with E-state index in [0.717, 1.165) is 10.5 Å². The van der Waals surface area contributed by atoms with Crippen molar-refractivity contribution in [3.63, 3.8) is 0 Å². The first-order chi connectivity index (χ1) is 13.3. The number of amides is 2. The first-order valence-electron chi connectivity index (χ1n) is 9.30. The van der Waals surface area contributed by atoms with Crippen LogP contribution < -0.4 is 5.32 Å². The first kappa shape index (κ1) is 22.0. The van der Waals surface area contributed by atoms with Crippen molar-refractivity contribution in [3.8, 4) is 0 Å². The molecule has 28 heavy (non-hydrogen) atoms. The van der Waals surface area contributed by atoms with Crippen LogP contribution in [0.25, 0.3) is 0 Å². The topological polar surface area (TPSA) is 49.4 Å². The van der Waals surface area contributed by atoms with Gasteiger partial charge in [-0.25, -0.2) is 4.39 Å². The van der Waals surface area contributed by atoms with E-state index in [0.29, 0.717) is 5.56 Å². The lowest BCUT2D eigenvalue weighted by atomic mass is 10.1. The molecule has 2 aromatic rings. The summed E-state index contributed by atoms with van der Waals surface area (Å²) in [6.07, 6.45) is 0. The highest BCUT2D eigenvalue weighted by molar-refractivity contribution is 8.00. The summed E-state index contributed by atoms with van der Waals surface area (Å²) in [6.45, 7) is 7.45. The summed E-state index contributed by atoms with van der Waals surface area (Å²) in [6, 6.07) is 13.5. The first-order valence-corrected chi connectivity index (χ1v) is 10.3. The van der Waals surface area contributed by atoms with Crippen LogP contribution in [-0.4, -0.2) is 34.6 Å². The van der Waals surface area contributed by atoms with Crippen molar-refractivity contribution >= 4 is 23.6 Å². The molecule has 0 radical (unpaired) electrons. The minimum atomic E-state index is -0.701. The van der Waals surface area contributed by atoms with Crippen LogP contribution in [0.15, 0.2) is 53.4 Å². The summed E-state index contributed by atoms with van der Waals surface area (Å²) in [5.74, 6) is -0.667. The van der Waals surface area contributed by atoms with Gasteiger partial charge in [-0.3, -0.25) is 9.59 Å². The maximum Gasteiger partial charge on any atom is 0.242 e. The fourth-order valence-corrected chi connectivity index (χ4v) is 3.44. The van der Waals surface area contributed by atoms with Crippen molar-refractivity contribution in [2.45, 2.75) is 51.2 Å². The Hall–Kier alpha value is -2.34. The zero-order valence-corrected chi connectivity index (χ0v) is 17.6. The van der Waals surface area contributed by atoms with Crippen LogP contribution >= 0.6 is 11.8 Å². The van der Waals surface area contributed by atoms with Gasteiger partial charge in [0, 0.05) is 23.0 Å². The SMILES string of the molecule is Cc1ccc(SCC(=O)N(Cc2ccccc2F)C(C)C(=O)NC(C)C)cc1. The van der Waals surface area contributed by atoms with Gasteiger partial charge in [0.05, 0.1) is 5.75 Å². The monoisotopic (exact) mass is 402 g/mol. The van der Waals surface area contributed by atoms with Gasteiger partial charge in [-0.1, -0.05) is 35.9 Å². The molecule has 0 aliphatic heterocycles. The molecule has 6 heteroatoms. The second kappa shape index (κ2) is 10.3. The number of aryl methyl sites for hydroxylation is 1. The molecule has 1 N–H and O–H groups in total. The number of halogens is 1. The predicted octanol–water partition coefficient (Wildman–Crippen LogP) is 4.17. The van der Waals surface area contributed by atoms with Gasteiger partial charge in [-0.05, 0) is 45.9 Å². The number of nitrogens with one attached hydrogen (secondary N) is 1. The molecule has 0 fully saturated rings. The Kier molecular flexibility index (Phi) is 8.05.